The van der Waals surface area contributed by atoms with E-state index in [1.807, 2.05) is 0 Å². The molecule has 1 atom stereocenters. The molecule has 0 radical (unpaired) electrons. The highest BCUT2D eigenvalue weighted by Gasteiger charge is 2.14. The van der Waals surface area contributed by atoms with E-state index in [2.05, 4.69) is 37.2 Å². The second-order valence-electron chi connectivity index (χ2n) is 1.68. The summed E-state index contributed by atoms with van der Waals surface area (Å²) in [6, 6.07) is 0. The molecule has 1 fully saturated rings. The highest BCUT2D eigenvalue weighted by atomic mass is 79.9. The number of hydrogen-bond donors (Lipinski definition) is 1. The third-order valence-electron chi connectivity index (χ3n) is 1.05. The van der Waals surface area contributed by atoms with Crippen LogP contribution in [0, 0.1) is 0 Å². The zero-order chi connectivity index (χ0) is 6.69. The number of hydrogen-bond acceptors (Lipinski definition) is 2. The van der Waals surface area contributed by atoms with Crippen molar-refractivity contribution in [1.82, 2.24) is 5.32 Å². The molecule has 0 aromatic rings. The van der Waals surface area contributed by atoms with Crippen molar-refractivity contribution in [2.75, 3.05) is 13.2 Å². The first-order valence-electron chi connectivity index (χ1n) is 2.65. The summed E-state index contributed by atoms with van der Waals surface area (Å²) < 4.78 is 5.24. The van der Waals surface area contributed by atoms with Crippen LogP contribution in [-0.2, 0) is 4.74 Å². The van der Waals surface area contributed by atoms with Crippen molar-refractivity contribution in [3.05, 3.63) is 10.7 Å². The molecule has 0 bridgehead atoms. The SMILES string of the molecule is Br/C=C1\OCCNC1Br. The molecule has 0 aromatic heterocycles. The van der Waals surface area contributed by atoms with Crippen LogP contribution in [-0.4, -0.2) is 18.1 Å². The maximum atomic E-state index is 5.24. The van der Waals surface area contributed by atoms with Crippen LogP contribution in [0.2, 0.25) is 0 Å². The molecule has 0 saturated carbocycles. The van der Waals surface area contributed by atoms with Crippen molar-refractivity contribution in [2.45, 2.75) is 4.95 Å². The molecule has 52 valence electrons. The molecule has 1 rings (SSSR count). The lowest BCUT2D eigenvalue weighted by Crippen LogP contribution is -2.35. The van der Waals surface area contributed by atoms with Gasteiger partial charge in [-0.3, -0.25) is 5.32 Å². The van der Waals surface area contributed by atoms with Gasteiger partial charge in [0, 0.05) is 11.5 Å². The first kappa shape index (κ1) is 7.57. The lowest BCUT2D eigenvalue weighted by molar-refractivity contribution is 0.172. The van der Waals surface area contributed by atoms with Crippen LogP contribution >= 0.6 is 31.9 Å². The van der Waals surface area contributed by atoms with Crippen molar-refractivity contribution >= 4 is 31.9 Å². The molecule has 1 N–H and O–H groups in total. The van der Waals surface area contributed by atoms with Crippen LogP contribution < -0.4 is 5.32 Å². The van der Waals surface area contributed by atoms with Gasteiger partial charge in [-0.1, -0.05) is 31.9 Å². The number of morpholine rings is 1. The fourth-order valence-corrected chi connectivity index (χ4v) is 1.86. The largest absolute Gasteiger partial charge is 0.493 e. The van der Waals surface area contributed by atoms with Gasteiger partial charge in [0.05, 0.1) is 0 Å². The van der Waals surface area contributed by atoms with E-state index >= 15 is 0 Å². The molecule has 9 heavy (non-hydrogen) atoms. The van der Waals surface area contributed by atoms with E-state index in [9.17, 15) is 0 Å². The zero-order valence-electron chi connectivity index (χ0n) is 4.73. The average molecular weight is 257 g/mol. The first-order chi connectivity index (χ1) is 4.34. The van der Waals surface area contributed by atoms with Gasteiger partial charge < -0.3 is 4.74 Å². The molecule has 1 unspecified atom stereocenters. The molecule has 1 aliphatic rings. The van der Waals surface area contributed by atoms with Crippen LogP contribution in [0.25, 0.3) is 0 Å². The maximum Gasteiger partial charge on any atom is 0.131 e. The van der Waals surface area contributed by atoms with Gasteiger partial charge in [0.25, 0.3) is 0 Å². The van der Waals surface area contributed by atoms with E-state index in [-0.39, 0.29) is 4.95 Å². The second-order valence-corrected chi connectivity index (χ2v) is 3.05. The summed E-state index contributed by atoms with van der Waals surface area (Å²) in [7, 11) is 0. The Morgan fingerprint density at radius 1 is 1.78 bits per heavy atom. The highest BCUT2D eigenvalue weighted by molar-refractivity contribution is 9.11. The Morgan fingerprint density at radius 3 is 3.00 bits per heavy atom. The molecular weight excluding hydrogens is 250 g/mol. The predicted octanol–water partition coefficient (Wildman–Crippen LogP) is 1.56. The molecule has 1 saturated heterocycles. The fourth-order valence-electron chi connectivity index (χ4n) is 0.615. The smallest absolute Gasteiger partial charge is 0.131 e. The Labute approximate surface area is 70.9 Å². The van der Waals surface area contributed by atoms with Gasteiger partial charge >= 0.3 is 0 Å². The first-order valence-corrected chi connectivity index (χ1v) is 4.48. The van der Waals surface area contributed by atoms with Crippen molar-refractivity contribution in [2.24, 2.45) is 0 Å². The summed E-state index contributed by atoms with van der Waals surface area (Å²) in [5.41, 5.74) is 0. The highest BCUT2D eigenvalue weighted by Crippen LogP contribution is 2.15. The third kappa shape index (κ3) is 1.95. The Hall–Kier alpha value is 0.460. The van der Waals surface area contributed by atoms with Crippen molar-refractivity contribution in [3.63, 3.8) is 0 Å². The van der Waals surface area contributed by atoms with Crippen molar-refractivity contribution < 1.29 is 4.74 Å². The Bertz CT molecular complexity index is 126. The molecule has 2 nitrogen and oxygen atoms in total. The molecule has 0 amide bonds. The van der Waals surface area contributed by atoms with Crippen LogP contribution in [0.15, 0.2) is 10.7 Å². The quantitative estimate of drug-likeness (QED) is 0.525. The van der Waals surface area contributed by atoms with Gasteiger partial charge in [-0.2, -0.15) is 0 Å². The molecular formula is C5H7Br2NO. The van der Waals surface area contributed by atoms with E-state index in [1.54, 1.807) is 4.99 Å². The summed E-state index contributed by atoms with van der Waals surface area (Å²) in [6.07, 6.45) is 0. The topological polar surface area (TPSA) is 21.3 Å². The van der Waals surface area contributed by atoms with Crippen molar-refractivity contribution in [1.29, 1.82) is 0 Å². The summed E-state index contributed by atoms with van der Waals surface area (Å²) in [5, 5.41) is 3.18. The third-order valence-corrected chi connectivity index (χ3v) is 2.28. The Balaban J connectivity index is 2.49. The molecule has 0 aromatic carbocycles. The summed E-state index contributed by atoms with van der Waals surface area (Å²) in [6.45, 7) is 1.65. The Morgan fingerprint density at radius 2 is 2.56 bits per heavy atom. The molecule has 0 aliphatic carbocycles. The molecule has 4 heteroatoms. The van der Waals surface area contributed by atoms with Gasteiger partial charge in [0.1, 0.15) is 17.3 Å². The van der Waals surface area contributed by atoms with E-state index in [4.69, 9.17) is 4.74 Å². The monoisotopic (exact) mass is 255 g/mol. The average Bonchev–Trinajstić information content (AvgIpc) is 1.89. The Kier molecular flexibility index (Phi) is 3.01. The van der Waals surface area contributed by atoms with Gasteiger partial charge in [-0.25, -0.2) is 0 Å². The second kappa shape index (κ2) is 3.58. The normalized spacial score (nSPS) is 32.2. The van der Waals surface area contributed by atoms with Crippen LogP contribution in [0.4, 0.5) is 0 Å². The van der Waals surface area contributed by atoms with E-state index in [1.165, 1.54) is 0 Å². The van der Waals surface area contributed by atoms with Crippen LogP contribution in [0.5, 0.6) is 0 Å². The summed E-state index contributed by atoms with van der Waals surface area (Å²) in [5.74, 6) is 0.904. The van der Waals surface area contributed by atoms with E-state index < -0.39 is 0 Å². The molecule has 0 spiro atoms. The minimum atomic E-state index is 0.172. The lowest BCUT2D eigenvalue weighted by atomic mass is 10.4. The van der Waals surface area contributed by atoms with Crippen LogP contribution in [0.1, 0.15) is 0 Å². The minimum Gasteiger partial charge on any atom is -0.493 e. The number of nitrogens with one attached hydrogen (secondary N) is 1. The fraction of sp³-hybridized carbons (Fsp3) is 0.600. The zero-order valence-corrected chi connectivity index (χ0v) is 7.91. The minimum absolute atomic E-state index is 0.172. The number of rotatable bonds is 0. The number of alkyl halides is 1. The molecule has 1 heterocycles. The maximum absolute atomic E-state index is 5.24. The van der Waals surface area contributed by atoms with Gasteiger partial charge in [-0.05, 0) is 0 Å². The van der Waals surface area contributed by atoms with Gasteiger partial charge in [-0.15, -0.1) is 0 Å². The van der Waals surface area contributed by atoms with Gasteiger partial charge in [0.2, 0.25) is 0 Å². The summed E-state index contributed by atoms with van der Waals surface area (Å²) in [4.78, 5) is 1.95. The van der Waals surface area contributed by atoms with E-state index in [0.717, 1.165) is 18.9 Å². The lowest BCUT2D eigenvalue weighted by Gasteiger charge is -2.21. The van der Waals surface area contributed by atoms with Gasteiger partial charge in [0.15, 0.2) is 0 Å². The summed E-state index contributed by atoms with van der Waals surface area (Å²) >= 11 is 6.57. The predicted molar refractivity (Wildman–Crippen MR) is 43.7 cm³/mol. The number of ether oxygens (including phenoxy) is 1. The van der Waals surface area contributed by atoms with E-state index in [0.29, 0.717) is 0 Å². The van der Waals surface area contributed by atoms with Crippen molar-refractivity contribution in [3.8, 4) is 0 Å². The van der Waals surface area contributed by atoms with Crippen LogP contribution in [0.3, 0.4) is 0 Å². The number of halogens is 2. The standard InChI is InChI=1S/C5H7Br2NO/c6-3-4-5(7)8-1-2-9-4/h3,5,8H,1-2H2/b4-3-. The molecule has 1 aliphatic heterocycles.